The molecule has 1 nitrogen and oxygen atoms in total. The van der Waals surface area contributed by atoms with E-state index in [1.807, 2.05) is 26.0 Å². The van der Waals surface area contributed by atoms with Crippen molar-refractivity contribution in [1.82, 2.24) is 0 Å². The molecule has 1 aromatic carbocycles. The van der Waals surface area contributed by atoms with Gasteiger partial charge in [0.15, 0.2) is 0 Å². The van der Waals surface area contributed by atoms with Crippen molar-refractivity contribution in [2.75, 3.05) is 0 Å². The summed E-state index contributed by atoms with van der Waals surface area (Å²) in [5.74, 6) is -1.01. The third-order valence-corrected chi connectivity index (χ3v) is 3.54. The number of hydrogen-bond acceptors (Lipinski definition) is 1. The molecule has 0 amide bonds. The first-order valence-electron chi connectivity index (χ1n) is 6.53. The molecule has 1 rings (SSSR count). The van der Waals surface area contributed by atoms with E-state index in [1.165, 1.54) is 0 Å². The molecule has 3 heteroatoms. The maximum atomic E-state index is 13.1. The van der Waals surface area contributed by atoms with Gasteiger partial charge in [-0.05, 0) is 25.3 Å². The Morgan fingerprint density at radius 2 is 1.72 bits per heavy atom. The SMILES string of the molecule is CCCC(O)(c1ccc(C)cc1)C(CC)C(F)F. The third-order valence-electron chi connectivity index (χ3n) is 3.54. The lowest BCUT2D eigenvalue weighted by Gasteiger charge is -2.36. The lowest BCUT2D eigenvalue weighted by molar-refractivity contribution is -0.0975. The third kappa shape index (κ3) is 3.08. The molecule has 0 saturated carbocycles. The van der Waals surface area contributed by atoms with E-state index < -0.39 is 17.9 Å². The average Bonchev–Trinajstić information content (AvgIpc) is 2.30. The maximum Gasteiger partial charge on any atom is 0.244 e. The van der Waals surface area contributed by atoms with Gasteiger partial charge >= 0.3 is 0 Å². The fraction of sp³-hybridized carbons (Fsp3) is 0.600. The fourth-order valence-corrected chi connectivity index (χ4v) is 2.49. The first-order valence-corrected chi connectivity index (χ1v) is 6.53. The van der Waals surface area contributed by atoms with Crippen LogP contribution in [-0.4, -0.2) is 11.5 Å². The van der Waals surface area contributed by atoms with Crippen molar-refractivity contribution in [3.63, 3.8) is 0 Å². The fourth-order valence-electron chi connectivity index (χ4n) is 2.49. The Morgan fingerprint density at radius 3 is 2.11 bits per heavy atom. The highest BCUT2D eigenvalue weighted by Crippen LogP contribution is 2.39. The molecule has 0 radical (unpaired) electrons. The van der Waals surface area contributed by atoms with Gasteiger partial charge in [-0.25, -0.2) is 8.78 Å². The predicted molar refractivity (Wildman–Crippen MR) is 69.8 cm³/mol. The van der Waals surface area contributed by atoms with Gasteiger partial charge in [-0.2, -0.15) is 0 Å². The lowest BCUT2D eigenvalue weighted by atomic mass is 9.77. The van der Waals surface area contributed by atoms with Gasteiger partial charge in [0, 0.05) is 0 Å². The van der Waals surface area contributed by atoms with Crippen LogP contribution >= 0.6 is 0 Å². The molecule has 0 heterocycles. The molecule has 1 aromatic rings. The van der Waals surface area contributed by atoms with Crippen LogP contribution in [0.15, 0.2) is 24.3 Å². The van der Waals surface area contributed by atoms with E-state index in [9.17, 15) is 13.9 Å². The summed E-state index contributed by atoms with van der Waals surface area (Å²) >= 11 is 0. The molecule has 2 unspecified atom stereocenters. The first kappa shape index (κ1) is 15.1. The maximum absolute atomic E-state index is 13.1. The molecule has 0 bridgehead atoms. The molecule has 0 fully saturated rings. The highest BCUT2D eigenvalue weighted by atomic mass is 19.3. The van der Waals surface area contributed by atoms with E-state index in [1.54, 1.807) is 19.1 Å². The van der Waals surface area contributed by atoms with Crippen LogP contribution in [-0.2, 0) is 5.60 Å². The largest absolute Gasteiger partial charge is 0.385 e. The standard InChI is InChI=1S/C15H22F2O/c1-4-10-15(18,13(5-2)14(16)17)12-8-6-11(3)7-9-12/h6-9,13-14,18H,4-5,10H2,1-3H3. The van der Waals surface area contributed by atoms with Crippen LogP contribution in [0.3, 0.4) is 0 Å². The zero-order valence-electron chi connectivity index (χ0n) is 11.3. The summed E-state index contributed by atoms with van der Waals surface area (Å²) in [6, 6.07) is 7.23. The molecule has 1 N–H and O–H groups in total. The highest BCUT2D eigenvalue weighted by molar-refractivity contribution is 5.27. The number of hydrogen-bond donors (Lipinski definition) is 1. The van der Waals surface area contributed by atoms with Crippen LogP contribution in [0.5, 0.6) is 0 Å². The van der Waals surface area contributed by atoms with Crippen molar-refractivity contribution in [1.29, 1.82) is 0 Å². The quantitative estimate of drug-likeness (QED) is 0.805. The summed E-state index contributed by atoms with van der Waals surface area (Å²) in [7, 11) is 0. The minimum absolute atomic E-state index is 0.266. The molecule has 18 heavy (non-hydrogen) atoms. The monoisotopic (exact) mass is 256 g/mol. The van der Waals surface area contributed by atoms with E-state index in [-0.39, 0.29) is 6.42 Å². The minimum atomic E-state index is -2.51. The number of alkyl halides is 2. The first-order chi connectivity index (χ1) is 8.45. The lowest BCUT2D eigenvalue weighted by Crippen LogP contribution is -2.39. The molecule has 0 aliphatic carbocycles. The summed E-state index contributed by atoms with van der Waals surface area (Å²) in [5.41, 5.74) is 0.232. The summed E-state index contributed by atoms with van der Waals surface area (Å²) in [6.45, 7) is 5.54. The Balaban J connectivity index is 3.16. The molecule has 2 atom stereocenters. The number of benzene rings is 1. The van der Waals surface area contributed by atoms with E-state index in [4.69, 9.17) is 0 Å². The summed E-state index contributed by atoms with van der Waals surface area (Å²) in [6.07, 6.45) is -1.21. The van der Waals surface area contributed by atoms with Gasteiger partial charge in [-0.15, -0.1) is 0 Å². The second kappa shape index (κ2) is 6.28. The van der Waals surface area contributed by atoms with Crippen LogP contribution in [0, 0.1) is 12.8 Å². The van der Waals surface area contributed by atoms with Crippen LogP contribution in [0.2, 0.25) is 0 Å². The molecule has 0 aromatic heterocycles. The predicted octanol–water partition coefficient (Wildman–Crippen LogP) is 4.27. The van der Waals surface area contributed by atoms with Gasteiger partial charge in [-0.3, -0.25) is 0 Å². The van der Waals surface area contributed by atoms with Crippen molar-refractivity contribution in [3.8, 4) is 0 Å². The van der Waals surface area contributed by atoms with Crippen molar-refractivity contribution in [2.45, 2.75) is 52.1 Å². The number of rotatable bonds is 6. The van der Waals surface area contributed by atoms with E-state index in [2.05, 4.69) is 0 Å². The summed E-state index contributed by atoms with van der Waals surface area (Å²) < 4.78 is 26.2. The van der Waals surface area contributed by atoms with Gasteiger partial charge in [0.2, 0.25) is 6.43 Å². The summed E-state index contributed by atoms with van der Waals surface area (Å²) in [5, 5.41) is 10.7. The van der Waals surface area contributed by atoms with Crippen LogP contribution in [0.1, 0.15) is 44.2 Å². The van der Waals surface area contributed by atoms with E-state index >= 15 is 0 Å². The number of halogens is 2. The normalized spacial score (nSPS) is 16.6. The molecular weight excluding hydrogens is 234 g/mol. The molecule has 0 saturated heterocycles. The average molecular weight is 256 g/mol. The smallest absolute Gasteiger partial charge is 0.244 e. The molecule has 0 aliphatic rings. The van der Waals surface area contributed by atoms with Gasteiger partial charge in [0.05, 0.1) is 11.5 Å². The van der Waals surface area contributed by atoms with Gasteiger partial charge < -0.3 is 5.11 Å². The molecule has 0 spiro atoms. The number of aryl methyl sites for hydroxylation is 1. The van der Waals surface area contributed by atoms with Gasteiger partial charge in [0.1, 0.15) is 0 Å². The second-order valence-corrected chi connectivity index (χ2v) is 4.89. The zero-order valence-corrected chi connectivity index (χ0v) is 11.3. The second-order valence-electron chi connectivity index (χ2n) is 4.89. The minimum Gasteiger partial charge on any atom is -0.385 e. The Hall–Kier alpha value is -0.960. The Bertz CT molecular complexity index is 361. The molecule has 102 valence electrons. The molecular formula is C15H22F2O. The Labute approximate surface area is 108 Å². The van der Waals surface area contributed by atoms with Crippen molar-refractivity contribution in [3.05, 3.63) is 35.4 Å². The van der Waals surface area contributed by atoms with Crippen molar-refractivity contribution in [2.24, 2.45) is 5.92 Å². The Kier molecular flexibility index (Phi) is 5.27. The zero-order chi connectivity index (χ0) is 13.8. The molecule has 0 aliphatic heterocycles. The van der Waals surface area contributed by atoms with E-state index in [0.717, 1.165) is 5.56 Å². The van der Waals surface area contributed by atoms with Gasteiger partial charge in [-0.1, -0.05) is 50.1 Å². The van der Waals surface area contributed by atoms with E-state index in [0.29, 0.717) is 18.4 Å². The highest BCUT2D eigenvalue weighted by Gasteiger charge is 2.41. The summed E-state index contributed by atoms with van der Waals surface area (Å²) in [4.78, 5) is 0. The Morgan fingerprint density at radius 1 is 1.17 bits per heavy atom. The van der Waals surface area contributed by atoms with Crippen LogP contribution < -0.4 is 0 Å². The van der Waals surface area contributed by atoms with Crippen molar-refractivity contribution < 1.29 is 13.9 Å². The van der Waals surface area contributed by atoms with Crippen LogP contribution in [0.25, 0.3) is 0 Å². The number of aliphatic hydroxyl groups is 1. The topological polar surface area (TPSA) is 20.2 Å². The van der Waals surface area contributed by atoms with Crippen LogP contribution in [0.4, 0.5) is 8.78 Å². The van der Waals surface area contributed by atoms with Gasteiger partial charge in [0.25, 0.3) is 0 Å². The van der Waals surface area contributed by atoms with Crippen molar-refractivity contribution >= 4 is 0 Å².